The third-order valence-electron chi connectivity index (χ3n) is 2.01. The van der Waals surface area contributed by atoms with Gasteiger partial charge in [0, 0.05) is 21.3 Å². The fraction of sp³-hybridized carbons (Fsp3) is 0.636. The summed E-state index contributed by atoms with van der Waals surface area (Å²) in [6.45, 7) is 6.82. The number of thiophene rings is 1. The lowest BCUT2D eigenvalue weighted by molar-refractivity contribution is 0.113. The average molecular weight is 292 g/mol. The van der Waals surface area contributed by atoms with E-state index < -0.39 is 0 Å². The summed E-state index contributed by atoms with van der Waals surface area (Å²) in [5.41, 5.74) is 0. The Bertz CT molecular complexity index is 277. The smallest absolute Gasteiger partial charge is 0.0669 e. The molecule has 0 saturated carbocycles. The maximum Gasteiger partial charge on any atom is 0.0669 e. The van der Waals surface area contributed by atoms with E-state index in [9.17, 15) is 0 Å². The van der Waals surface area contributed by atoms with Crippen LogP contribution in [0.5, 0.6) is 0 Å². The lowest BCUT2D eigenvalue weighted by Crippen LogP contribution is -2.24. The van der Waals surface area contributed by atoms with Crippen LogP contribution in [0.4, 0.5) is 0 Å². The first kappa shape index (κ1) is 13.2. The van der Waals surface area contributed by atoms with Gasteiger partial charge < -0.3 is 10.1 Å². The molecule has 0 amide bonds. The van der Waals surface area contributed by atoms with E-state index in [-0.39, 0.29) is 0 Å². The van der Waals surface area contributed by atoms with Crippen LogP contribution in [0.25, 0.3) is 0 Å². The van der Waals surface area contributed by atoms with Crippen LogP contribution in [-0.2, 0) is 4.74 Å². The summed E-state index contributed by atoms with van der Waals surface area (Å²) in [6, 6.07) is 2.49. The van der Waals surface area contributed by atoms with Gasteiger partial charge in [0.1, 0.15) is 0 Å². The Morgan fingerprint density at radius 2 is 2.33 bits per heavy atom. The van der Waals surface area contributed by atoms with Gasteiger partial charge in [0.2, 0.25) is 0 Å². The number of halogens is 1. The van der Waals surface area contributed by atoms with Crippen LogP contribution < -0.4 is 5.32 Å². The molecule has 15 heavy (non-hydrogen) atoms. The van der Waals surface area contributed by atoms with Gasteiger partial charge >= 0.3 is 0 Å². The van der Waals surface area contributed by atoms with Crippen molar-refractivity contribution in [2.75, 3.05) is 19.8 Å². The Balaban J connectivity index is 2.49. The van der Waals surface area contributed by atoms with Gasteiger partial charge in [0.05, 0.1) is 12.6 Å². The molecule has 0 aliphatic carbocycles. The van der Waals surface area contributed by atoms with Crippen LogP contribution in [0.15, 0.2) is 15.9 Å². The first-order chi connectivity index (χ1) is 7.27. The molecule has 1 aromatic heterocycles. The van der Waals surface area contributed by atoms with Gasteiger partial charge in [-0.05, 0) is 35.0 Å². The highest BCUT2D eigenvalue weighted by Crippen LogP contribution is 2.25. The molecule has 86 valence electrons. The fourth-order valence-electron chi connectivity index (χ4n) is 1.34. The predicted molar refractivity (Wildman–Crippen MR) is 69.5 cm³/mol. The van der Waals surface area contributed by atoms with Crippen LogP contribution >= 0.6 is 27.3 Å². The number of hydrogen-bond acceptors (Lipinski definition) is 3. The molecule has 0 aliphatic heterocycles. The summed E-state index contributed by atoms with van der Waals surface area (Å²) < 4.78 is 6.74. The first-order valence-electron chi connectivity index (χ1n) is 5.33. The van der Waals surface area contributed by atoms with Gasteiger partial charge in [0.15, 0.2) is 0 Å². The Morgan fingerprint density at radius 1 is 1.53 bits per heavy atom. The van der Waals surface area contributed by atoms with Gasteiger partial charge in [-0.3, -0.25) is 0 Å². The minimum Gasteiger partial charge on any atom is -0.379 e. The van der Waals surface area contributed by atoms with Crippen LogP contribution in [0.1, 0.15) is 31.2 Å². The number of hydrogen-bond donors (Lipinski definition) is 1. The summed E-state index contributed by atoms with van der Waals surface area (Å²) in [5, 5.41) is 5.55. The zero-order valence-corrected chi connectivity index (χ0v) is 11.7. The Morgan fingerprint density at radius 3 is 2.87 bits per heavy atom. The fourth-order valence-corrected chi connectivity index (χ4v) is 2.85. The second-order valence-electron chi connectivity index (χ2n) is 3.35. The van der Waals surface area contributed by atoms with Crippen molar-refractivity contribution in [2.45, 2.75) is 26.3 Å². The lowest BCUT2D eigenvalue weighted by Gasteiger charge is -2.16. The normalized spacial score (nSPS) is 13.0. The Labute approximate surface area is 104 Å². The van der Waals surface area contributed by atoms with E-state index in [1.54, 1.807) is 11.3 Å². The van der Waals surface area contributed by atoms with Crippen LogP contribution in [-0.4, -0.2) is 19.8 Å². The molecule has 0 bridgehead atoms. The van der Waals surface area contributed by atoms with E-state index in [2.05, 4.69) is 46.5 Å². The molecule has 1 heterocycles. The standard InChI is InChI=1S/C11H18BrNOS/c1-3-5-14-7-10(13-4-2)11-6-9(12)8-15-11/h6,8,10,13H,3-5,7H2,1-2H3. The molecule has 0 radical (unpaired) electrons. The highest BCUT2D eigenvalue weighted by molar-refractivity contribution is 9.10. The summed E-state index contributed by atoms with van der Waals surface area (Å²) in [5.74, 6) is 0. The predicted octanol–water partition coefficient (Wildman–Crippen LogP) is 3.59. The van der Waals surface area contributed by atoms with Crippen molar-refractivity contribution in [3.8, 4) is 0 Å². The van der Waals surface area contributed by atoms with Gasteiger partial charge in [-0.25, -0.2) is 0 Å². The molecule has 0 aromatic carbocycles. The number of ether oxygens (including phenoxy) is 1. The van der Waals surface area contributed by atoms with E-state index in [1.165, 1.54) is 4.88 Å². The van der Waals surface area contributed by atoms with Crippen molar-refractivity contribution in [1.82, 2.24) is 5.32 Å². The molecule has 2 nitrogen and oxygen atoms in total. The molecule has 1 unspecified atom stereocenters. The summed E-state index contributed by atoms with van der Waals surface area (Å²) in [6.07, 6.45) is 1.08. The minimum absolute atomic E-state index is 0.331. The minimum atomic E-state index is 0.331. The molecule has 4 heteroatoms. The number of nitrogens with one attached hydrogen (secondary N) is 1. The van der Waals surface area contributed by atoms with Gasteiger partial charge in [-0.15, -0.1) is 11.3 Å². The first-order valence-corrected chi connectivity index (χ1v) is 7.00. The molecular formula is C11H18BrNOS. The highest BCUT2D eigenvalue weighted by Gasteiger charge is 2.12. The SMILES string of the molecule is CCCOCC(NCC)c1cc(Br)cs1. The van der Waals surface area contributed by atoms with Gasteiger partial charge in [-0.1, -0.05) is 13.8 Å². The second-order valence-corrected chi connectivity index (χ2v) is 5.21. The van der Waals surface area contributed by atoms with E-state index in [4.69, 9.17) is 4.74 Å². The summed E-state index contributed by atoms with van der Waals surface area (Å²) >= 11 is 5.24. The molecule has 0 aliphatic rings. The van der Waals surface area contributed by atoms with Crippen molar-refractivity contribution < 1.29 is 4.74 Å². The average Bonchev–Trinajstić information content (AvgIpc) is 2.64. The topological polar surface area (TPSA) is 21.3 Å². The molecule has 0 fully saturated rings. The van der Waals surface area contributed by atoms with Gasteiger partial charge in [0.25, 0.3) is 0 Å². The molecule has 1 atom stereocenters. The monoisotopic (exact) mass is 291 g/mol. The van der Waals surface area contributed by atoms with Crippen LogP contribution in [0, 0.1) is 0 Å². The quantitative estimate of drug-likeness (QED) is 0.775. The van der Waals surface area contributed by atoms with Crippen molar-refractivity contribution in [1.29, 1.82) is 0 Å². The van der Waals surface area contributed by atoms with E-state index in [0.717, 1.165) is 30.7 Å². The maximum atomic E-state index is 5.59. The second kappa shape index (κ2) is 7.39. The molecular weight excluding hydrogens is 274 g/mol. The zero-order chi connectivity index (χ0) is 11.1. The maximum absolute atomic E-state index is 5.59. The highest BCUT2D eigenvalue weighted by atomic mass is 79.9. The third-order valence-corrected chi connectivity index (χ3v) is 3.82. The summed E-state index contributed by atoms with van der Waals surface area (Å²) in [7, 11) is 0. The lowest BCUT2D eigenvalue weighted by atomic mass is 10.2. The largest absolute Gasteiger partial charge is 0.379 e. The van der Waals surface area contributed by atoms with Crippen LogP contribution in [0.2, 0.25) is 0 Å². The molecule has 1 aromatic rings. The zero-order valence-electron chi connectivity index (χ0n) is 9.25. The third kappa shape index (κ3) is 4.64. The van der Waals surface area contributed by atoms with Crippen LogP contribution in [0.3, 0.4) is 0 Å². The van der Waals surface area contributed by atoms with E-state index in [1.807, 2.05) is 0 Å². The van der Waals surface area contributed by atoms with Gasteiger partial charge in [-0.2, -0.15) is 0 Å². The summed E-state index contributed by atoms with van der Waals surface area (Å²) in [4.78, 5) is 1.33. The van der Waals surface area contributed by atoms with Crippen molar-refractivity contribution in [3.63, 3.8) is 0 Å². The Kier molecular flexibility index (Phi) is 6.48. The van der Waals surface area contributed by atoms with Crippen molar-refractivity contribution in [3.05, 3.63) is 20.8 Å². The van der Waals surface area contributed by atoms with Crippen molar-refractivity contribution >= 4 is 27.3 Å². The van der Waals surface area contributed by atoms with E-state index >= 15 is 0 Å². The molecule has 0 spiro atoms. The number of likely N-dealkylation sites (N-methyl/N-ethyl adjacent to an activating group) is 1. The van der Waals surface area contributed by atoms with E-state index in [0.29, 0.717) is 6.04 Å². The molecule has 1 rings (SSSR count). The molecule has 1 N–H and O–H groups in total. The van der Waals surface area contributed by atoms with Crippen molar-refractivity contribution in [2.24, 2.45) is 0 Å². The molecule has 0 saturated heterocycles. The Hall–Kier alpha value is 0.1000. The number of rotatable bonds is 7.